The van der Waals surface area contributed by atoms with Crippen LogP contribution in [0.2, 0.25) is 0 Å². The normalized spacial score (nSPS) is 10.5. The Morgan fingerprint density at radius 2 is 2.00 bits per heavy atom. The van der Waals surface area contributed by atoms with Crippen molar-refractivity contribution >= 4 is 7.25 Å². The molecule has 1 rings (SSSR count). The molecule has 0 bridgehead atoms. The van der Waals surface area contributed by atoms with Gasteiger partial charge in [-0.25, -0.2) is 9.55 Å². The van der Waals surface area contributed by atoms with E-state index in [9.17, 15) is 17.3 Å². The molecule has 0 aliphatic rings. The summed E-state index contributed by atoms with van der Waals surface area (Å²) in [6.07, 6.45) is 6.81. The quantitative estimate of drug-likeness (QED) is 0.352. The lowest BCUT2D eigenvalue weighted by Gasteiger charge is -1.94. The van der Waals surface area contributed by atoms with Crippen molar-refractivity contribution in [3.05, 3.63) is 30.9 Å². The Morgan fingerprint density at radius 3 is 2.40 bits per heavy atom. The zero-order valence-corrected chi connectivity index (χ0v) is 8.39. The molecule has 0 saturated heterocycles. The van der Waals surface area contributed by atoms with Gasteiger partial charge in [0.25, 0.3) is 5.82 Å². The number of halogens is 4. The number of nitrogens with zero attached hydrogens (tertiary/aromatic N) is 1. The number of nitrogens with one attached hydrogen (secondary N) is 1. The monoisotopic (exact) mass is 224 g/mol. The molecule has 7 heteroatoms. The average molecular weight is 224 g/mol. The molecule has 0 radical (unpaired) electrons. The number of aromatic amines is 1. The minimum absolute atomic E-state index is 0.918. The Hall–Kier alpha value is -1.27. The minimum Gasteiger partial charge on any atom is -0.418 e. The Labute approximate surface area is 85.7 Å². The standard InChI is InChI=1S/C8H12N2.BF4/c1-3-5-8-9-6-7-10(8)4-2;2-1(3,4)5/h3,6-7H,1,4-5H2,2H3;/q;-1/p+1. The third-order valence-corrected chi connectivity index (χ3v) is 1.53. The van der Waals surface area contributed by atoms with E-state index in [1.165, 1.54) is 5.82 Å². The molecule has 0 aliphatic heterocycles. The van der Waals surface area contributed by atoms with Crippen LogP contribution in [0.25, 0.3) is 0 Å². The molecule has 0 amide bonds. The molecule has 15 heavy (non-hydrogen) atoms. The number of imidazole rings is 1. The molecule has 0 aliphatic carbocycles. The first-order valence-corrected chi connectivity index (χ1v) is 4.42. The summed E-state index contributed by atoms with van der Waals surface area (Å²) in [6.45, 7) is 6.82. The number of allylic oxidation sites excluding steroid dienone is 1. The Bertz CT molecular complexity index is 289. The van der Waals surface area contributed by atoms with E-state index in [1.807, 2.05) is 18.5 Å². The van der Waals surface area contributed by atoms with Gasteiger partial charge in [-0.1, -0.05) is 6.08 Å². The fourth-order valence-electron chi connectivity index (χ4n) is 1.01. The molecule has 0 unspecified atom stereocenters. The smallest absolute Gasteiger partial charge is 0.418 e. The van der Waals surface area contributed by atoms with Crippen LogP contribution in [0.15, 0.2) is 25.0 Å². The van der Waals surface area contributed by atoms with Crippen LogP contribution in [0.4, 0.5) is 17.3 Å². The molecule has 0 fully saturated rings. The lowest BCUT2D eigenvalue weighted by atomic mass is 10.3. The fraction of sp³-hybridized carbons (Fsp3) is 0.375. The number of rotatable bonds is 3. The van der Waals surface area contributed by atoms with Crippen LogP contribution >= 0.6 is 0 Å². The fourth-order valence-corrected chi connectivity index (χ4v) is 1.01. The Balaban J connectivity index is 0.000000336. The van der Waals surface area contributed by atoms with E-state index in [0.717, 1.165) is 13.0 Å². The third kappa shape index (κ3) is 7.78. The first kappa shape index (κ1) is 13.7. The first-order chi connectivity index (χ1) is 6.88. The van der Waals surface area contributed by atoms with Gasteiger partial charge in [0.15, 0.2) is 0 Å². The maximum atomic E-state index is 9.75. The summed E-state index contributed by atoms with van der Waals surface area (Å²) >= 11 is 0. The summed E-state index contributed by atoms with van der Waals surface area (Å²) in [6, 6.07) is 0. The van der Waals surface area contributed by atoms with Crippen LogP contribution < -0.4 is 4.57 Å². The van der Waals surface area contributed by atoms with E-state index in [1.54, 1.807) is 0 Å². The van der Waals surface area contributed by atoms with Gasteiger partial charge in [0.05, 0.1) is 13.0 Å². The van der Waals surface area contributed by atoms with E-state index in [0.29, 0.717) is 0 Å². The average Bonchev–Trinajstić information content (AvgIpc) is 2.49. The lowest BCUT2D eigenvalue weighted by Crippen LogP contribution is -2.34. The van der Waals surface area contributed by atoms with Gasteiger partial charge in [-0.05, 0) is 6.92 Å². The summed E-state index contributed by atoms with van der Waals surface area (Å²) in [4.78, 5) is 3.15. The van der Waals surface area contributed by atoms with Crippen LogP contribution in [-0.4, -0.2) is 12.2 Å². The van der Waals surface area contributed by atoms with Crippen molar-refractivity contribution in [3.63, 3.8) is 0 Å². The second-order valence-corrected chi connectivity index (χ2v) is 2.68. The molecule has 0 saturated carbocycles. The van der Waals surface area contributed by atoms with Gasteiger partial charge >= 0.3 is 7.25 Å². The highest BCUT2D eigenvalue weighted by Crippen LogP contribution is 2.06. The van der Waals surface area contributed by atoms with Gasteiger partial charge in [-0.3, -0.25) is 0 Å². The Morgan fingerprint density at radius 1 is 1.47 bits per heavy atom. The van der Waals surface area contributed by atoms with Gasteiger partial charge in [0.1, 0.15) is 12.4 Å². The molecule has 0 aromatic carbocycles. The van der Waals surface area contributed by atoms with Gasteiger partial charge < -0.3 is 17.3 Å². The zero-order valence-electron chi connectivity index (χ0n) is 8.39. The number of aromatic nitrogens is 2. The van der Waals surface area contributed by atoms with Crippen LogP contribution in [-0.2, 0) is 13.0 Å². The van der Waals surface area contributed by atoms with Crippen LogP contribution in [0.5, 0.6) is 0 Å². The molecule has 86 valence electrons. The molecule has 1 N–H and O–H groups in total. The molecule has 1 aromatic rings. The number of H-pyrrole nitrogens is 1. The summed E-state index contributed by atoms with van der Waals surface area (Å²) in [5.74, 6) is 1.22. The molecule has 2 nitrogen and oxygen atoms in total. The van der Waals surface area contributed by atoms with Crippen molar-refractivity contribution in [2.75, 3.05) is 0 Å². The van der Waals surface area contributed by atoms with Crippen molar-refractivity contribution < 1.29 is 21.8 Å². The van der Waals surface area contributed by atoms with Crippen molar-refractivity contribution in [1.29, 1.82) is 0 Å². The molecular formula is C8H13BF4N2. The first-order valence-electron chi connectivity index (χ1n) is 4.42. The highest BCUT2D eigenvalue weighted by Gasteiger charge is 2.20. The summed E-state index contributed by atoms with van der Waals surface area (Å²) in [7, 11) is -6.00. The summed E-state index contributed by atoms with van der Waals surface area (Å²) in [5, 5.41) is 0. The number of hydrogen-bond donors (Lipinski definition) is 1. The predicted octanol–water partition coefficient (Wildman–Crippen LogP) is 2.35. The van der Waals surface area contributed by atoms with Crippen molar-refractivity contribution in [3.8, 4) is 0 Å². The third-order valence-electron chi connectivity index (χ3n) is 1.53. The second kappa shape index (κ2) is 6.26. The topological polar surface area (TPSA) is 19.7 Å². The highest BCUT2D eigenvalue weighted by atomic mass is 19.5. The van der Waals surface area contributed by atoms with Gasteiger partial charge in [-0.15, -0.1) is 6.58 Å². The second-order valence-electron chi connectivity index (χ2n) is 2.68. The maximum absolute atomic E-state index is 9.75. The number of aryl methyl sites for hydroxylation is 1. The van der Waals surface area contributed by atoms with E-state index in [-0.39, 0.29) is 0 Å². The largest absolute Gasteiger partial charge is 0.673 e. The van der Waals surface area contributed by atoms with Crippen LogP contribution in [0.1, 0.15) is 12.7 Å². The van der Waals surface area contributed by atoms with Gasteiger partial charge in [0.2, 0.25) is 0 Å². The molecule has 1 heterocycles. The highest BCUT2D eigenvalue weighted by molar-refractivity contribution is 6.50. The van der Waals surface area contributed by atoms with E-state index in [4.69, 9.17) is 0 Å². The molecular weight excluding hydrogens is 211 g/mol. The van der Waals surface area contributed by atoms with E-state index >= 15 is 0 Å². The van der Waals surface area contributed by atoms with Gasteiger partial charge in [0, 0.05) is 0 Å². The molecule has 0 atom stereocenters. The van der Waals surface area contributed by atoms with Gasteiger partial charge in [-0.2, -0.15) is 0 Å². The predicted molar refractivity (Wildman–Crippen MR) is 50.7 cm³/mol. The molecule has 1 aromatic heterocycles. The lowest BCUT2D eigenvalue weighted by molar-refractivity contribution is -0.699. The summed E-state index contributed by atoms with van der Waals surface area (Å²) < 4.78 is 41.2. The van der Waals surface area contributed by atoms with Crippen molar-refractivity contribution in [1.82, 2.24) is 4.98 Å². The number of hydrogen-bond acceptors (Lipinski definition) is 0. The summed E-state index contributed by atoms with van der Waals surface area (Å²) in [5.41, 5.74) is 0. The van der Waals surface area contributed by atoms with E-state index in [2.05, 4.69) is 23.1 Å². The van der Waals surface area contributed by atoms with Crippen LogP contribution in [0, 0.1) is 0 Å². The Kier molecular flexibility index (Phi) is 5.73. The van der Waals surface area contributed by atoms with Crippen molar-refractivity contribution in [2.45, 2.75) is 19.9 Å². The minimum atomic E-state index is -6.00. The maximum Gasteiger partial charge on any atom is 0.673 e. The zero-order chi connectivity index (χ0) is 11.9. The van der Waals surface area contributed by atoms with Crippen LogP contribution in [0.3, 0.4) is 0 Å². The van der Waals surface area contributed by atoms with E-state index < -0.39 is 7.25 Å². The molecule has 0 spiro atoms. The SMILES string of the molecule is C=CCc1[nH]cc[n+]1CC.F[B-](F)(F)F. The van der Waals surface area contributed by atoms with Crippen molar-refractivity contribution in [2.24, 2.45) is 0 Å².